The van der Waals surface area contributed by atoms with Crippen LogP contribution in [0.4, 0.5) is 0 Å². The number of rotatable bonds is 2. The molecule has 0 unspecified atom stereocenters. The zero-order valence-electron chi connectivity index (χ0n) is 9.88. The Morgan fingerprint density at radius 3 is 2.61 bits per heavy atom. The Kier molecular flexibility index (Phi) is 2.68. The normalized spacial score (nSPS) is 10.7. The van der Waals surface area contributed by atoms with E-state index in [0.717, 1.165) is 27.1 Å². The average molecular weight is 253 g/mol. The van der Waals surface area contributed by atoms with Crippen LogP contribution in [0.5, 0.6) is 0 Å². The van der Waals surface area contributed by atoms with Crippen LogP contribution < -0.4 is 0 Å². The molecule has 0 amide bonds. The minimum Gasteiger partial charge on any atom is -0.298 e. The Morgan fingerprint density at radius 2 is 1.89 bits per heavy atom. The largest absolute Gasteiger partial charge is 0.298 e. The molecule has 18 heavy (non-hydrogen) atoms. The van der Waals surface area contributed by atoms with Gasteiger partial charge in [0.15, 0.2) is 0 Å². The van der Waals surface area contributed by atoms with E-state index in [1.807, 2.05) is 18.2 Å². The molecule has 3 heteroatoms. The molecule has 0 N–H and O–H groups in total. The molecule has 0 atom stereocenters. The summed E-state index contributed by atoms with van der Waals surface area (Å²) < 4.78 is 1.11. The molecular formula is C15H11NOS. The van der Waals surface area contributed by atoms with Gasteiger partial charge in [0, 0.05) is 11.1 Å². The molecule has 3 rings (SSSR count). The SMILES string of the molecule is Cc1ccc(-c2nc3cc(C=O)ccc3s2)cc1. The summed E-state index contributed by atoms with van der Waals surface area (Å²) in [6, 6.07) is 13.9. The minimum absolute atomic E-state index is 0.670. The summed E-state index contributed by atoms with van der Waals surface area (Å²) in [4.78, 5) is 15.3. The van der Waals surface area contributed by atoms with Gasteiger partial charge in [0.25, 0.3) is 0 Å². The number of hydrogen-bond acceptors (Lipinski definition) is 3. The fourth-order valence-corrected chi connectivity index (χ4v) is 2.79. The van der Waals surface area contributed by atoms with Crippen molar-refractivity contribution >= 4 is 27.8 Å². The van der Waals surface area contributed by atoms with Gasteiger partial charge in [-0.1, -0.05) is 35.9 Å². The fraction of sp³-hybridized carbons (Fsp3) is 0.0667. The van der Waals surface area contributed by atoms with Crippen LogP contribution in [0.2, 0.25) is 0 Å². The summed E-state index contributed by atoms with van der Waals surface area (Å²) in [6.07, 6.45) is 0.852. The molecule has 0 aliphatic rings. The first-order valence-corrected chi connectivity index (χ1v) is 6.51. The summed E-state index contributed by atoms with van der Waals surface area (Å²) >= 11 is 1.65. The van der Waals surface area contributed by atoms with E-state index in [1.165, 1.54) is 5.56 Å². The Morgan fingerprint density at radius 1 is 1.11 bits per heavy atom. The van der Waals surface area contributed by atoms with Crippen LogP contribution in [-0.4, -0.2) is 11.3 Å². The Labute approximate surface area is 109 Å². The molecule has 0 saturated carbocycles. The fourth-order valence-electron chi connectivity index (χ4n) is 1.84. The Hall–Kier alpha value is -2.00. The quantitative estimate of drug-likeness (QED) is 0.644. The number of fused-ring (bicyclic) bond motifs is 1. The third kappa shape index (κ3) is 1.93. The first kappa shape index (κ1) is 11.1. The number of aldehydes is 1. The van der Waals surface area contributed by atoms with Crippen molar-refractivity contribution in [1.29, 1.82) is 0 Å². The molecule has 0 fully saturated rings. The van der Waals surface area contributed by atoms with Crippen LogP contribution in [0.3, 0.4) is 0 Å². The van der Waals surface area contributed by atoms with Gasteiger partial charge in [0.2, 0.25) is 0 Å². The summed E-state index contributed by atoms with van der Waals surface area (Å²) in [6.45, 7) is 2.07. The van der Waals surface area contributed by atoms with Crippen molar-refractivity contribution in [2.45, 2.75) is 6.92 Å². The van der Waals surface area contributed by atoms with Crippen LogP contribution >= 0.6 is 11.3 Å². The summed E-state index contributed by atoms with van der Waals surface area (Å²) in [5.74, 6) is 0. The highest BCUT2D eigenvalue weighted by molar-refractivity contribution is 7.21. The molecule has 3 aromatic rings. The predicted molar refractivity (Wildman–Crippen MR) is 75.2 cm³/mol. The maximum Gasteiger partial charge on any atom is 0.150 e. The van der Waals surface area contributed by atoms with Crippen molar-refractivity contribution in [3.05, 3.63) is 53.6 Å². The third-order valence-corrected chi connectivity index (χ3v) is 3.93. The highest BCUT2D eigenvalue weighted by Crippen LogP contribution is 2.30. The van der Waals surface area contributed by atoms with E-state index in [1.54, 1.807) is 11.3 Å². The molecule has 88 valence electrons. The van der Waals surface area contributed by atoms with Gasteiger partial charge in [-0.3, -0.25) is 4.79 Å². The van der Waals surface area contributed by atoms with E-state index in [-0.39, 0.29) is 0 Å². The second-order valence-electron chi connectivity index (χ2n) is 4.23. The first-order valence-electron chi connectivity index (χ1n) is 5.69. The molecule has 0 spiro atoms. The van der Waals surface area contributed by atoms with Crippen molar-refractivity contribution in [3.8, 4) is 10.6 Å². The van der Waals surface area contributed by atoms with Crippen molar-refractivity contribution in [2.75, 3.05) is 0 Å². The predicted octanol–water partition coefficient (Wildman–Crippen LogP) is 4.08. The van der Waals surface area contributed by atoms with E-state index >= 15 is 0 Å². The molecule has 0 radical (unpaired) electrons. The van der Waals surface area contributed by atoms with E-state index in [9.17, 15) is 4.79 Å². The van der Waals surface area contributed by atoms with Crippen molar-refractivity contribution < 1.29 is 4.79 Å². The van der Waals surface area contributed by atoms with Crippen LogP contribution in [0.25, 0.3) is 20.8 Å². The number of aryl methyl sites for hydroxylation is 1. The van der Waals surface area contributed by atoms with Gasteiger partial charge in [-0.15, -0.1) is 11.3 Å². The highest BCUT2D eigenvalue weighted by atomic mass is 32.1. The van der Waals surface area contributed by atoms with Crippen LogP contribution in [-0.2, 0) is 0 Å². The highest BCUT2D eigenvalue weighted by Gasteiger charge is 2.06. The molecule has 0 saturated heterocycles. The number of nitrogens with zero attached hydrogens (tertiary/aromatic N) is 1. The maximum absolute atomic E-state index is 10.7. The van der Waals surface area contributed by atoms with E-state index in [2.05, 4.69) is 36.2 Å². The lowest BCUT2D eigenvalue weighted by atomic mass is 10.2. The first-order chi connectivity index (χ1) is 8.76. The van der Waals surface area contributed by atoms with E-state index in [0.29, 0.717) is 5.56 Å². The standard InChI is InChI=1S/C15H11NOS/c1-10-2-5-12(6-3-10)15-16-13-8-11(9-17)4-7-14(13)18-15/h2-9H,1H3. The van der Waals surface area contributed by atoms with Crippen LogP contribution in [0.1, 0.15) is 15.9 Å². The summed E-state index contributed by atoms with van der Waals surface area (Å²) in [7, 11) is 0. The Bertz CT molecular complexity index is 713. The van der Waals surface area contributed by atoms with E-state index < -0.39 is 0 Å². The summed E-state index contributed by atoms with van der Waals surface area (Å²) in [5, 5.41) is 0.994. The number of carbonyl (C=O) groups excluding carboxylic acids is 1. The van der Waals surface area contributed by atoms with Gasteiger partial charge in [-0.05, 0) is 19.1 Å². The smallest absolute Gasteiger partial charge is 0.150 e. The maximum atomic E-state index is 10.7. The third-order valence-electron chi connectivity index (χ3n) is 2.85. The zero-order chi connectivity index (χ0) is 12.5. The molecule has 1 heterocycles. The lowest BCUT2D eigenvalue weighted by Crippen LogP contribution is -1.79. The lowest BCUT2D eigenvalue weighted by molar-refractivity contribution is 0.112. The van der Waals surface area contributed by atoms with Crippen LogP contribution in [0.15, 0.2) is 42.5 Å². The van der Waals surface area contributed by atoms with Crippen LogP contribution in [0, 0.1) is 6.92 Å². The average Bonchev–Trinajstić information content (AvgIpc) is 2.82. The molecule has 1 aromatic heterocycles. The second kappa shape index (κ2) is 4.35. The molecule has 2 nitrogen and oxygen atoms in total. The molecule has 2 aromatic carbocycles. The minimum atomic E-state index is 0.670. The van der Waals surface area contributed by atoms with Crippen molar-refractivity contribution in [2.24, 2.45) is 0 Å². The Balaban J connectivity index is 2.12. The van der Waals surface area contributed by atoms with Crippen molar-refractivity contribution in [3.63, 3.8) is 0 Å². The number of benzene rings is 2. The van der Waals surface area contributed by atoms with Gasteiger partial charge in [-0.25, -0.2) is 4.98 Å². The monoisotopic (exact) mass is 253 g/mol. The number of thiazole rings is 1. The number of carbonyl (C=O) groups is 1. The van der Waals surface area contributed by atoms with Gasteiger partial charge in [-0.2, -0.15) is 0 Å². The molecule has 0 bridgehead atoms. The van der Waals surface area contributed by atoms with Gasteiger partial charge >= 0.3 is 0 Å². The zero-order valence-corrected chi connectivity index (χ0v) is 10.7. The molecular weight excluding hydrogens is 242 g/mol. The second-order valence-corrected chi connectivity index (χ2v) is 5.26. The van der Waals surface area contributed by atoms with Gasteiger partial charge < -0.3 is 0 Å². The summed E-state index contributed by atoms with van der Waals surface area (Å²) in [5.41, 5.74) is 3.92. The number of aromatic nitrogens is 1. The molecule has 0 aliphatic carbocycles. The topological polar surface area (TPSA) is 30.0 Å². The molecule has 0 aliphatic heterocycles. The van der Waals surface area contributed by atoms with Crippen molar-refractivity contribution in [1.82, 2.24) is 4.98 Å². The van der Waals surface area contributed by atoms with E-state index in [4.69, 9.17) is 0 Å². The van der Waals surface area contributed by atoms with Gasteiger partial charge in [0.1, 0.15) is 11.3 Å². The lowest BCUT2D eigenvalue weighted by Gasteiger charge is -1.95. The number of hydrogen-bond donors (Lipinski definition) is 0. The van der Waals surface area contributed by atoms with Gasteiger partial charge in [0.05, 0.1) is 10.2 Å².